The van der Waals surface area contributed by atoms with Gasteiger partial charge in [-0.25, -0.2) is 0 Å². The van der Waals surface area contributed by atoms with Crippen molar-refractivity contribution in [2.75, 3.05) is 5.32 Å². The number of hydrogen-bond acceptors (Lipinski definition) is 1. The minimum Gasteiger partial charge on any atom is -0.381 e. The largest absolute Gasteiger partial charge is 0.381 e. The second-order valence-corrected chi connectivity index (χ2v) is 6.53. The summed E-state index contributed by atoms with van der Waals surface area (Å²) in [5, 5.41) is 5.08. The summed E-state index contributed by atoms with van der Waals surface area (Å²) in [6.07, 6.45) is 5.15. The predicted molar refractivity (Wildman–Crippen MR) is 80.7 cm³/mol. The van der Waals surface area contributed by atoms with Crippen LogP contribution in [0.15, 0.2) is 18.2 Å². The van der Waals surface area contributed by atoms with Gasteiger partial charge in [-0.15, -0.1) is 0 Å². The highest BCUT2D eigenvalue weighted by Crippen LogP contribution is 2.38. The van der Waals surface area contributed by atoms with Crippen LogP contribution in [0.1, 0.15) is 39.5 Å². The summed E-state index contributed by atoms with van der Waals surface area (Å²) in [5.41, 5.74) is 0.977. The Morgan fingerprint density at radius 1 is 1.22 bits per heavy atom. The van der Waals surface area contributed by atoms with Crippen molar-refractivity contribution in [3.63, 3.8) is 0 Å². The molecule has 0 spiro atoms. The Bertz CT molecular complexity index is 399. The van der Waals surface area contributed by atoms with Gasteiger partial charge in [-0.2, -0.15) is 0 Å². The summed E-state index contributed by atoms with van der Waals surface area (Å²) in [6, 6.07) is 6.16. The quantitative estimate of drug-likeness (QED) is 0.715. The topological polar surface area (TPSA) is 12.0 Å². The van der Waals surface area contributed by atoms with Crippen molar-refractivity contribution in [1.29, 1.82) is 0 Å². The first-order valence-corrected chi connectivity index (χ1v) is 7.53. The van der Waals surface area contributed by atoms with E-state index in [1.54, 1.807) is 0 Å². The zero-order chi connectivity index (χ0) is 13.1. The lowest BCUT2D eigenvalue weighted by Crippen LogP contribution is -2.22. The zero-order valence-corrected chi connectivity index (χ0v) is 12.6. The van der Waals surface area contributed by atoms with Crippen molar-refractivity contribution in [1.82, 2.24) is 0 Å². The van der Waals surface area contributed by atoms with E-state index in [0.717, 1.165) is 27.6 Å². The first-order chi connectivity index (χ1) is 8.56. The molecule has 0 heterocycles. The minimum absolute atomic E-state index is 0.545. The van der Waals surface area contributed by atoms with Crippen LogP contribution in [0, 0.1) is 11.8 Å². The molecule has 2 rings (SSSR count). The average molecular weight is 286 g/mol. The number of benzene rings is 1. The zero-order valence-electron chi connectivity index (χ0n) is 11.0. The number of halogens is 2. The van der Waals surface area contributed by atoms with Gasteiger partial charge in [0.2, 0.25) is 0 Å². The van der Waals surface area contributed by atoms with Crippen LogP contribution in [0.2, 0.25) is 10.0 Å². The molecular formula is C15H21Cl2N. The van der Waals surface area contributed by atoms with Gasteiger partial charge < -0.3 is 5.32 Å². The first-order valence-electron chi connectivity index (χ1n) is 6.78. The normalized spacial score (nSPS) is 16.9. The minimum atomic E-state index is 0.545. The van der Waals surface area contributed by atoms with Gasteiger partial charge in [0, 0.05) is 11.1 Å². The van der Waals surface area contributed by atoms with Gasteiger partial charge in [-0.1, -0.05) is 37.0 Å². The lowest BCUT2D eigenvalue weighted by atomic mass is 10.00. The van der Waals surface area contributed by atoms with Crippen molar-refractivity contribution >= 4 is 28.9 Å². The van der Waals surface area contributed by atoms with E-state index in [1.807, 2.05) is 18.2 Å². The van der Waals surface area contributed by atoms with E-state index in [-0.39, 0.29) is 0 Å². The van der Waals surface area contributed by atoms with E-state index < -0.39 is 0 Å². The molecule has 1 aromatic carbocycles. The van der Waals surface area contributed by atoms with E-state index in [9.17, 15) is 0 Å². The highest BCUT2D eigenvalue weighted by atomic mass is 35.5. The molecule has 1 N–H and O–H groups in total. The van der Waals surface area contributed by atoms with Crippen molar-refractivity contribution in [3.8, 4) is 0 Å². The molecule has 1 aliphatic carbocycles. The van der Waals surface area contributed by atoms with Crippen LogP contribution in [0.3, 0.4) is 0 Å². The summed E-state index contributed by atoms with van der Waals surface area (Å²) in [4.78, 5) is 0. The second kappa shape index (κ2) is 6.16. The van der Waals surface area contributed by atoms with Crippen LogP contribution in [0.25, 0.3) is 0 Å². The number of rotatable bonds is 6. The molecule has 0 aromatic heterocycles. The fourth-order valence-electron chi connectivity index (χ4n) is 2.25. The Balaban J connectivity index is 2.01. The molecule has 1 nitrogen and oxygen atoms in total. The van der Waals surface area contributed by atoms with Crippen molar-refractivity contribution < 1.29 is 0 Å². The van der Waals surface area contributed by atoms with Crippen LogP contribution in [0.5, 0.6) is 0 Å². The number of anilines is 1. The standard InChI is InChI=1S/C15H21Cl2N/c1-10(2)3-8-14(11-4-5-11)18-15-9-12(16)6-7-13(15)17/h6-7,9-11,14,18H,3-5,8H2,1-2H3. The van der Waals surface area contributed by atoms with Crippen molar-refractivity contribution in [2.24, 2.45) is 11.8 Å². The Hall–Kier alpha value is -0.400. The van der Waals surface area contributed by atoms with Gasteiger partial charge in [-0.3, -0.25) is 0 Å². The molecule has 1 atom stereocenters. The Morgan fingerprint density at radius 3 is 2.56 bits per heavy atom. The maximum atomic E-state index is 6.21. The molecule has 3 heteroatoms. The van der Waals surface area contributed by atoms with Gasteiger partial charge in [-0.05, 0) is 55.7 Å². The smallest absolute Gasteiger partial charge is 0.0638 e. The predicted octanol–water partition coefficient (Wildman–Crippen LogP) is 5.62. The summed E-state index contributed by atoms with van der Waals surface area (Å²) in [6.45, 7) is 4.55. The van der Waals surface area contributed by atoms with Crippen LogP contribution < -0.4 is 5.32 Å². The van der Waals surface area contributed by atoms with Gasteiger partial charge in [0.25, 0.3) is 0 Å². The highest BCUT2D eigenvalue weighted by Gasteiger charge is 2.31. The third-order valence-electron chi connectivity index (χ3n) is 3.52. The Labute approximate surface area is 120 Å². The van der Waals surface area contributed by atoms with E-state index in [0.29, 0.717) is 6.04 Å². The molecule has 1 aliphatic rings. The van der Waals surface area contributed by atoms with E-state index in [2.05, 4.69) is 19.2 Å². The van der Waals surface area contributed by atoms with Crippen LogP contribution in [-0.4, -0.2) is 6.04 Å². The fraction of sp³-hybridized carbons (Fsp3) is 0.600. The summed E-state index contributed by atoms with van der Waals surface area (Å²) in [5.74, 6) is 1.57. The van der Waals surface area contributed by atoms with E-state index in [1.165, 1.54) is 25.7 Å². The van der Waals surface area contributed by atoms with E-state index >= 15 is 0 Å². The lowest BCUT2D eigenvalue weighted by Gasteiger charge is -2.21. The van der Waals surface area contributed by atoms with E-state index in [4.69, 9.17) is 23.2 Å². The molecule has 18 heavy (non-hydrogen) atoms. The highest BCUT2D eigenvalue weighted by molar-refractivity contribution is 6.35. The van der Waals surface area contributed by atoms with Crippen LogP contribution in [0.4, 0.5) is 5.69 Å². The van der Waals surface area contributed by atoms with Gasteiger partial charge in [0.05, 0.1) is 10.7 Å². The van der Waals surface area contributed by atoms with Gasteiger partial charge in [0.15, 0.2) is 0 Å². The van der Waals surface area contributed by atoms with Crippen molar-refractivity contribution in [3.05, 3.63) is 28.2 Å². The third-order valence-corrected chi connectivity index (χ3v) is 4.08. The molecule has 0 radical (unpaired) electrons. The van der Waals surface area contributed by atoms with Gasteiger partial charge in [0.1, 0.15) is 0 Å². The van der Waals surface area contributed by atoms with Crippen LogP contribution in [-0.2, 0) is 0 Å². The maximum Gasteiger partial charge on any atom is 0.0638 e. The SMILES string of the molecule is CC(C)CCC(Nc1cc(Cl)ccc1Cl)C1CC1. The second-order valence-electron chi connectivity index (χ2n) is 5.68. The fourth-order valence-corrected chi connectivity index (χ4v) is 2.59. The molecule has 100 valence electrons. The summed E-state index contributed by atoms with van der Waals surface area (Å²) < 4.78 is 0. The molecule has 0 aliphatic heterocycles. The number of hydrogen-bond donors (Lipinski definition) is 1. The molecule has 1 fully saturated rings. The molecule has 1 saturated carbocycles. The summed E-state index contributed by atoms with van der Waals surface area (Å²) >= 11 is 12.2. The summed E-state index contributed by atoms with van der Waals surface area (Å²) in [7, 11) is 0. The van der Waals surface area contributed by atoms with Gasteiger partial charge >= 0.3 is 0 Å². The molecular weight excluding hydrogens is 265 g/mol. The maximum absolute atomic E-state index is 6.21. The Kier molecular flexibility index (Phi) is 4.80. The molecule has 0 saturated heterocycles. The molecule has 1 unspecified atom stereocenters. The van der Waals surface area contributed by atoms with Crippen LogP contribution >= 0.6 is 23.2 Å². The molecule has 0 bridgehead atoms. The number of nitrogens with one attached hydrogen (secondary N) is 1. The Morgan fingerprint density at radius 2 is 1.94 bits per heavy atom. The lowest BCUT2D eigenvalue weighted by molar-refractivity contribution is 0.486. The van der Waals surface area contributed by atoms with Crippen molar-refractivity contribution in [2.45, 2.75) is 45.6 Å². The average Bonchev–Trinajstić information content (AvgIpc) is 3.12. The first kappa shape index (κ1) is 14.0. The molecule has 1 aromatic rings. The third kappa shape index (κ3) is 4.07. The monoisotopic (exact) mass is 285 g/mol. The molecule has 0 amide bonds.